The fourth-order valence-corrected chi connectivity index (χ4v) is 3.70. The van der Waals surface area contributed by atoms with Crippen molar-refractivity contribution in [3.63, 3.8) is 0 Å². The van der Waals surface area contributed by atoms with Crippen molar-refractivity contribution in [1.29, 1.82) is 0 Å². The molecular formula is C14H17ClN4OS. The van der Waals surface area contributed by atoms with E-state index < -0.39 is 0 Å². The van der Waals surface area contributed by atoms with Crippen LogP contribution in [0.4, 0.5) is 5.82 Å². The molecule has 3 rings (SSSR count). The maximum absolute atomic E-state index is 12.4. The van der Waals surface area contributed by atoms with Crippen molar-refractivity contribution in [2.45, 2.75) is 32.7 Å². The van der Waals surface area contributed by atoms with Crippen LogP contribution in [0, 0.1) is 6.92 Å². The maximum atomic E-state index is 12.4. The monoisotopic (exact) mass is 324 g/mol. The number of carbonyl (C=O) groups is 1. The van der Waals surface area contributed by atoms with Gasteiger partial charge in [-0.15, -0.1) is 11.3 Å². The van der Waals surface area contributed by atoms with Gasteiger partial charge in [0.25, 0.3) is 0 Å². The molecule has 1 amide bonds. The third kappa shape index (κ3) is 2.96. The molecule has 0 saturated carbocycles. The van der Waals surface area contributed by atoms with E-state index in [4.69, 9.17) is 11.6 Å². The summed E-state index contributed by atoms with van der Waals surface area (Å²) < 4.78 is 0. The zero-order valence-electron chi connectivity index (χ0n) is 12.0. The summed E-state index contributed by atoms with van der Waals surface area (Å²) in [6.07, 6.45) is 2.18. The smallest absolute Gasteiger partial charge is 0.244 e. The average Bonchev–Trinajstić information content (AvgIpc) is 3.06. The fraction of sp³-hybridized carbons (Fsp3) is 0.500. The van der Waals surface area contributed by atoms with Crippen molar-refractivity contribution in [3.05, 3.63) is 16.2 Å². The van der Waals surface area contributed by atoms with Crippen molar-refractivity contribution in [2.24, 2.45) is 0 Å². The summed E-state index contributed by atoms with van der Waals surface area (Å²) in [6.45, 7) is 5.58. The van der Waals surface area contributed by atoms with Crippen molar-refractivity contribution < 1.29 is 4.79 Å². The standard InChI is InChI=1S/C14H17ClN4OS/c1-8-7-10-11(17-14(15)18-12(10)21-8)16-9(2)13(20)19-5-3-4-6-19/h7,9H,3-6H2,1-2H3,(H,16,17,18). The van der Waals surface area contributed by atoms with Crippen molar-refractivity contribution >= 4 is 44.9 Å². The molecule has 1 aliphatic heterocycles. The number of fused-ring (bicyclic) bond motifs is 1. The number of halogens is 1. The topological polar surface area (TPSA) is 58.1 Å². The molecule has 1 atom stereocenters. The lowest BCUT2D eigenvalue weighted by Crippen LogP contribution is -2.39. The van der Waals surface area contributed by atoms with E-state index in [0.717, 1.165) is 41.0 Å². The number of carbonyl (C=O) groups excluding carboxylic acids is 1. The number of anilines is 1. The van der Waals surface area contributed by atoms with Crippen LogP contribution in [0.15, 0.2) is 6.07 Å². The normalized spacial score (nSPS) is 16.4. The summed E-state index contributed by atoms with van der Waals surface area (Å²) in [7, 11) is 0. The lowest BCUT2D eigenvalue weighted by Gasteiger charge is -2.21. The molecule has 2 aromatic heterocycles. The highest BCUT2D eigenvalue weighted by Gasteiger charge is 2.24. The molecule has 1 saturated heterocycles. The maximum Gasteiger partial charge on any atom is 0.244 e. The lowest BCUT2D eigenvalue weighted by atomic mass is 10.2. The summed E-state index contributed by atoms with van der Waals surface area (Å²) in [6, 6.07) is 1.70. The molecular weight excluding hydrogens is 308 g/mol. The van der Waals surface area contributed by atoms with E-state index in [0.29, 0.717) is 5.82 Å². The van der Waals surface area contributed by atoms with Gasteiger partial charge in [-0.05, 0) is 44.4 Å². The minimum atomic E-state index is -0.322. The number of likely N-dealkylation sites (tertiary alicyclic amines) is 1. The molecule has 0 aromatic carbocycles. The average molecular weight is 325 g/mol. The summed E-state index contributed by atoms with van der Waals surface area (Å²) in [4.78, 5) is 24.7. The van der Waals surface area contributed by atoms with E-state index in [2.05, 4.69) is 15.3 Å². The number of hydrogen-bond acceptors (Lipinski definition) is 5. The van der Waals surface area contributed by atoms with Crippen LogP contribution in [0.3, 0.4) is 0 Å². The Kier molecular flexibility index (Phi) is 3.99. The van der Waals surface area contributed by atoms with Crippen LogP contribution in [0.25, 0.3) is 10.2 Å². The van der Waals surface area contributed by atoms with Gasteiger partial charge in [-0.1, -0.05) is 0 Å². The Hall–Kier alpha value is -1.40. The van der Waals surface area contributed by atoms with Crippen molar-refractivity contribution in [1.82, 2.24) is 14.9 Å². The molecule has 1 aliphatic rings. The van der Waals surface area contributed by atoms with Crippen LogP contribution < -0.4 is 5.32 Å². The van der Waals surface area contributed by atoms with Gasteiger partial charge in [-0.3, -0.25) is 4.79 Å². The first-order valence-corrected chi connectivity index (χ1v) is 8.23. The quantitative estimate of drug-likeness (QED) is 0.881. The summed E-state index contributed by atoms with van der Waals surface area (Å²) in [5, 5.41) is 4.32. The molecule has 112 valence electrons. The second kappa shape index (κ2) is 5.77. The summed E-state index contributed by atoms with van der Waals surface area (Å²) in [5.74, 6) is 0.747. The van der Waals surface area contributed by atoms with Gasteiger partial charge in [-0.2, -0.15) is 0 Å². The first-order valence-electron chi connectivity index (χ1n) is 7.03. The number of rotatable bonds is 3. The van der Waals surface area contributed by atoms with Gasteiger partial charge in [0.05, 0.1) is 5.39 Å². The Bertz CT molecular complexity index is 681. The van der Waals surface area contributed by atoms with Gasteiger partial charge >= 0.3 is 0 Å². The van der Waals surface area contributed by atoms with E-state index in [9.17, 15) is 4.79 Å². The molecule has 1 N–H and O–H groups in total. The van der Waals surface area contributed by atoms with Crippen molar-refractivity contribution in [2.75, 3.05) is 18.4 Å². The number of aryl methyl sites for hydroxylation is 1. The number of aromatic nitrogens is 2. The molecule has 1 unspecified atom stereocenters. The highest BCUT2D eigenvalue weighted by Crippen LogP contribution is 2.30. The molecule has 0 bridgehead atoms. The number of hydrogen-bond donors (Lipinski definition) is 1. The van der Waals surface area contributed by atoms with E-state index in [1.807, 2.05) is 24.8 Å². The predicted molar refractivity (Wildman–Crippen MR) is 86.1 cm³/mol. The fourth-order valence-electron chi connectivity index (χ4n) is 2.60. The molecule has 3 heterocycles. The van der Waals surface area contributed by atoms with Crippen LogP contribution in [-0.2, 0) is 4.79 Å². The van der Waals surface area contributed by atoms with Crippen LogP contribution >= 0.6 is 22.9 Å². The number of nitrogens with zero attached hydrogens (tertiary/aromatic N) is 3. The zero-order valence-corrected chi connectivity index (χ0v) is 13.6. The van der Waals surface area contributed by atoms with Crippen LogP contribution in [-0.4, -0.2) is 39.9 Å². The Morgan fingerprint density at radius 3 is 2.86 bits per heavy atom. The highest BCUT2D eigenvalue weighted by atomic mass is 35.5. The largest absolute Gasteiger partial charge is 0.358 e. The van der Waals surface area contributed by atoms with Crippen molar-refractivity contribution in [3.8, 4) is 0 Å². The molecule has 1 fully saturated rings. The van der Waals surface area contributed by atoms with Gasteiger partial charge in [0.1, 0.15) is 16.7 Å². The SMILES string of the molecule is Cc1cc2c(NC(C)C(=O)N3CCCC3)nc(Cl)nc2s1. The molecule has 21 heavy (non-hydrogen) atoms. The van der Waals surface area contributed by atoms with Gasteiger partial charge in [0, 0.05) is 18.0 Å². The van der Waals surface area contributed by atoms with Gasteiger partial charge in [0.2, 0.25) is 11.2 Å². The third-order valence-corrected chi connectivity index (χ3v) is 4.74. The van der Waals surface area contributed by atoms with Crippen LogP contribution in [0.1, 0.15) is 24.6 Å². The van der Waals surface area contributed by atoms with Gasteiger partial charge in [-0.25, -0.2) is 9.97 Å². The molecule has 0 spiro atoms. The zero-order chi connectivity index (χ0) is 15.0. The molecule has 2 aromatic rings. The summed E-state index contributed by atoms with van der Waals surface area (Å²) >= 11 is 7.54. The molecule has 0 radical (unpaired) electrons. The first-order chi connectivity index (χ1) is 10.0. The summed E-state index contributed by atoms with van der Waals surface area (Å²) in [5.41, 5.74) is 0. The Labute approximate surface area is 132 Å². The highest BCUT2D eigenvalue weighted by molar-refractivity contribution is 7.18. The van der Waals surface area contributed by atoms with E-state index in [1.54, 1.807) is 11.3 Å². The van der Waals surface area contributed by atoms with Gasteiger partial charge < -0.3 is 10.2 Å². The minimum Gasteiger partial charge on any atom is -0.358 e. The lowest BCUT2D eigenvalue weighted by molar-refractivity contribution is -0.130. The molecule has 7 heteroatoms. The Morgan fingerprint density at radius 1 is 1.43 bits per heavy atom. The number of amides is 1. The van der Waals surface area contributed by atoms with E-state index in [1.165, 1.54) is 0 Å². The van der Waals surface area contributed by atoms with E-state index >= 15 is 0 Å². The number of nitrogens with one attached hydrogen (secondary N) is 1. The van der Waals surface area contributed by atoms with Crippen LogP contribution in [0.2, 0.25) is 5.28 Å². The number of thiophene rings is 1. The third-order valence-electron chi connectivity index (χ3n) is 3.63. The first kappa shape index (κ1) is 14.5. The Morgan fingerprint density at radius 2 is 2.14 bits per heavy atom. The Balaban J connectivity index is 1.85. The van der Waals surface area contributed by atoms with Crippen LogP contribution in [0.5, 0.6) is 0 Å². The molecule has 0 aliphatic carbocycles. The second-order valence-corrected chi connectivity index (χ2v) is 6.89. The predicted octanol–water partition coefficient (Wildman–Crippen LogP) is 3.08. The van der Waals surface area contributed by atoms with Gasteiger partial charge in [0.15, 0.2) is 0 Å². The minimum absolute atomic E-state index is 0.113. The molecule has 5 nitrogen and oxygen atoms in total. The second-order valence-electron chi connectivity index (χ2n) is 5.32. The van der Waals surface area contributed by atoms with E-state index in [-0.39, 0.29) is 17.2 Å².